The first kappa shape index (κ1) is 18.5. The number of rotatable bonds is 7. The average Bonchev–Trinajstić information content (AvgIpc) is 2.67. The molecule has 138 valence electrons. The molecule has 0 bridgehead atoms. The number of anilines is 1. The van der Waals surface area contributed by atoms with Gasteiger partial charge in [-0.1, -0.05) is 37.6 Å². The number of nitrogens with one attached hydrogen (secondary N) is 1. The van der Waals surface area contributed by atoms with E-state index in [0.29, 0.717) is 0 Å². The molecule has 0 saturated carbocycles. The minimum absolute atomic E-state index is 0.111. The summed E-state index contributed by atoms with van der Waals surface area (Å²) >= 11 is 0. The molecule has 1 N–H and O–H groups in total. The Morgan fingerprint density at radius 3 is 2.65 bits per heavy atom. The molecule has 26 heavy (non-hydrogen) atoms. The number of hydrogen-bond acceptors (Lipinski definition) is 2. The SMILES string of the molecule is CCCCc1ccc(NC(=O)[C@@H](C)Oc2cccc3c2CCCC3)cc1. The van der Waals surface area contributed by atoms with Crippen molar-refractivity contribution in [3.63, 3.8) is 0 Å². The zero-order valence-corrected chi connectivity index (χ0v) is 15.9. The second-order valence-corrected chi connectivity index (χ2v) is 7.15. The first-order chi connectivity index (χ1) is 12.7. The predicted octanol–water partition coefficient (Wildman–Crippen LogP) is 5.31. The van der Waals surface area contributed by atoms with E-state index >= 15 is 0 Å². The molecule has 0 unspecified atom stereocenters. The summed E-state index contributed by atoms with van der Waals surface area (Å²) in [6.07, 6.45) is 7.52. The highest BCUT2D eigenvalue weighted by atomic mass is 16.5. The molecule has 2 aromatic rings. The first-order valence-corrected chi connectivity index (χ1v) is 9.84. The van der Waals surface area contributed by atoms with Crippen LogP contribution in [0.2, 0.25) is 0 Å². The highest BCUT2D eigenvalue weighted by molar-refractivity contribution is 5.94. The topological polar surface area (TPSA) is 38.3 Å². The van der Waals surface area contributed by atoms with Crippen molar-refractivity contribution in [1.82, 2.24) is 0 Å². The van der Waals surface area contributed by atoms with Crippen molar-refractivity contribution in [3.8, 4) is 5.75 Å². The van der Waals surface area contributed by atoms with Gasteiger partial charge in [-0.2, -0.15) is 0 Å². The lowest BCUT2D eigenvalue weighted by Gasteiger charge is -2.22. The van der Waals surface area contributed by atoms with Crippen LogP contribution in [0.15, 0.2) is 42.5 Å². The summed E-state index contributed by atoms with van der Waals surface area (Å²) in [4.78, 5) is 12.5. The van der Waals surface area contributed by atoms with Crippen LogP contribution < -0.4 is 10.1 Å². The quantitative estimate of drug-likeness (QED) is 0.734. The van der Waals surface area contributed by atoms with E-state index < -0.39 is 6.10 Å². The van der Waals surface area contributed by atoms with Crippen LogP contribution in [0.5, 0.6) is 5.75 Å². The van der Waals surface area contributed by atoms with Crippen LogP contribution in [-0.4, -0.2) is 12.0 Å². The normalized spacial score (nSPS) is 14.4. The summed E-state index contributed by atoms with van der Waals surface area (Å²) in [5.41, 5.74) is 4.77. The third-order valence-corrected chi connectivity index (χ3v) is 5.07. The summed E-state index contributed by atoms with van der Waals surface area (Å²) in [6.45, 7) is 4.01. The van der Waals surface area contributed by atoms with Crippen LogP contribution in [0.25, 0.3) is 0 Å². The van der Waals surface area contributed by atoms with Gasteiger partial charge in [-0.05, 0) is 80.3 Å². The molecule has 0 aromatic heterocycles. The molecule has 3 heteroatoms. The number of carbonyl (C=O) groups is 1. The first-order valence-electron chi connectivity index (χ1n) is 9.84. The largest absolute Gasteiger partial charge is 0.481 e. The number of amides is 1. The molecular formula is C23H29NO2. The van der Waals surface area contributed by atoms with E-state index in [9.17, 15) is 4.79 Å². The lowest BCUT2D eigenvalue weighted by molar-refractivity contribution is -0.122. The van der Waals surface area contributed by atoms with E-state index in [1.165, 1.54) is 42.4 Å². The van der Waals surface area contributed by atoms with E-state index in [1.807, 2.05) is 31.2 Å². The van der Waals surface area contributed by atoms with Crippen molar-refractivity contribution in [1.29, 1.82) is 0 Å². The van der Waals surface area contributed by atoms with Gasteiger partial charge in [-0.25, -0.2) is 0 Å². The molecule has 0 saturated heterocycles. The highest BCUT2D eigenvalue weighted by Gasteiger charge is 2.19. The Labute approximate surface area is 156 Å². The van der Waals surface area contributed by atoms with Gasteiger partial charge in [0.1, 0.15) is 5.75 Å². The maximum absolute atomic E-state index is 12.5. The molecule has 3 rings (SSSR count). The van der Waals surface area contributed by atoms with E-state index in [0.717, 1.165) is 30.7 Å². The van der Waals surface area contributed by atoms with Gasteiger partial charge in [-0.15, -0.1) is 0 Å². The Bertz CT molecular complexity index is 736. The zero-order chi connectivity index (χ0) is 18.4. The fourth-order valence-corrected chi connectivity index (χ4v) is 3.48. The van der Waals surface area contributed by atoms with Gasteiger partial charge in [0.25, 0.3) is 5.91 Å². The lowest BCUT2D eigenvalue weighted by Crippen LogP contribution is -2.30. The van der Waals surface area contributed by atoms with Crippen molar-refractivity contribution in [2.24, 2.45) is 0 Å². The Hall–Kier alpha value is -2.29. The van der Waals surface area contributed by atoms with Gasteiger partial charge < -0.3 is 10.1 Å². The second kappa shape index (κ2) is 8.88. The Morgan fingerprint density at radius 1 is 1.12 bits per heavy atom. The Morgan fingerprint density at radius 2 is 1.88 bits per heavy atom. The van der Waals surface area contributed by atoms with Gasteiger partial charge in [0.15, 0.2) is 6.10 Å². The Kier molecular flexibility index (Phi) is 6.32. The average molecular weight is 351 g/mol. The molecule has 0 radical (unpaired) electrons. The number of unbranched alkanes of at least 4 members (excludes halogenated alkanes) is 1. The number of aryl methyl sites for hydroxylation is 2. The van der Waals surface area contributed by atoms with E-state index in [-0.39, 0.29) is 5.91 Å². The summed E-state index contributed by atoms with van der Waals surface area (Å²) in [5.74, 6) is 0.750. The molecule has 0 heterocycles. The molecular weight excluding hydrogens is 322 g/mol. The van der Waals surface area contributed by atoms with Crippen LogP contribution in [0, 0.1) is 0 Å². The van der Waals surface area contributed by atoms with Gasteiger partial charge in [0, 0.05) is 5.69 Å². The molecule has 0 aliphatic heterocycles. The van der Waals surface area contributed by atoms with Crippen molar-refractivity contribution in [3.05, 3.63) is 59.2 Å². The Balaban J connectivity index is 1.60. The van der Waals surface area contributed by atoms with Gasteiger partial charge >= 0.3 is 0 Å². The molecule has 1 atom stereocenters. The maximum Gasteiger partial charge on any atom is 0.265 e. The number of hydrogen-bond donors (Lipinski definition) is 1. The summed E-state index contributed by atoms with van der Waals surface area (Å²) in [6, 6.07) is 14.3. The van der Waals surface area contributed by atoms with Crippen LogP contribution in [0.1, 0.15) is 56.2 Å². The molecule has 2 aromatic carbocycles. The molecule has 1 amide bonds. The molecule has 0 fully saturated rings. The van der Waals surface area contributed by atoms with Crippen LogP contribution >= 0.6 is 0 Å². The minimum Gasteiger partial charge on any atom is -0.481 e. The summed E-state index contributed by atoms with van der Waals surface area (Å²) < 4.78 is 6.01. The van der Waals surface area contributed by atoms with Crippen molar-refractivity contribution < 1.29 is 9.53 Å². The van der Waals surface area contributed by atoms with Gasteiger partial charge in [-0.3, -0.25) is 4.79 Å². The fourth-order valence-electron chi connectivity index (χ4n) is 3.48. The number of benzene rings is 2. The van der Waals surface area contributed by atoms with Gasteiger partial charge in [0.05, 0.1) is 0 Å². The molecule has 1 aliphatic rings. The van der Waals surface area contributed by atoms with E-state index in [2.05, 4.69) is 30.4 Å². The molecule has 1 aliphatic carbocycles. The smallest absolute Gasteiger partial charge is 0.265 e. The highest BCUT2D eigenvalue weighted by Crippen LogP contribution is 2.30. The third kappa shape index (κ3) is 4.66. The monoisotopic (exact) mass is 351 g/mol. The second-order valence-electron chi connectivity index (χ2n) is 7.15. The molecule has 0 spiro atoms. The standard InChI is InChI=1S/C23H29NO2/c1-3-4-8-18-13-15-20(16-14-18)24-23(25)17(2)26-22-12-7-10-19-9-5-6-11-21(19)22/h7,10,12-17H,3-6,8-9,11H2,1-2H3,(H,24,25)/t17-/m1/s1. The number of fused-ring (bicyclic) bond motifs is 1. The zero-order valence-electron chi connectivity index (χ0n) is 15.9. The van der Waals surface area contributed by atoms with Crippen molar-refractivity contribution in [2.75, 3.05) is 5.32 Å². The van der Waals surface area contributed by atoms with Crippen LogP contribution in [0.4, 0.5) is 5.69 Å². The summed E-state index contributed by atoms with van der Waals surface area (Å²) in [5, 5.41) is 2.96. The third-order valence-electron chi connectivity index (χ3n) is 5.07. The minimum atomic E-state index is -0.525. The number of carbonyl (C=O) groups excluding carboxylic acids is 1. The van der Waals surface area contributed by atoms with Crippen molar-refractivity contribution in [2.45, 2.75) is 64.9 Å². The van der Waals surface area contributed by atoms with Gasteiger partial charge in [0.2, 0.25) is 0 Å². The number of ether oxygens (including phenoxy) is 1. The van der Waals surface area contributed by atoms with Crippen LogP contribution in [0.3, 0.4) is 0 Å². The van der Waals surface area contributed by atoms with E-state index in [4.69, 9.17) is 4.74 Å². The van der Waals surface area contributed by atoms with Crippen LogP contribution in [-0.2, 0) is 24.1 Å². The predicted molar refractivity (Wildman–Crippen MR) is 107 cm³/mol. The summed E-state index contributed by atoms with van der Waals surface area (Å²) in [7, 11) is 0. The fraction of sp³-hybridized carbons (Fsp3) is 0.435. The maximum atomic E-state index is 12.5. The van der Waals surface area contributed by atoms with E-state index in [1.54, 1.807) is 0 Å². The molecule has 3 nitrogen and oxygen atoms in total. The van der Waals surface area contributed by atoms with Crippen molar-refractivity contribution >= 4 is 11.6 Å². The lowest BCUT2D eigenvalue weighted by atomic mass is 9.91.